The second-order valence-corrected chi connectivity index (χ2v) is 8.03. The van der Waals surface area contributed by atoms with Crippen LogP contribution in [0.1, 0.15) is 0 Å². The van der Waals surface area contributed by atoms with Crippen molar-refractivity contribution in [2.24, 2.45) is 5.14 Å². The van der Waals surface area contributed by atoms with Gasteiger partial charge in [-0.3, -0.25) is 4.72 Å². The zero-order chi connectivity index (χ0) is 14.1. The molecule has 0 radical (unpaired) electrons. The van der Waals surface area contributed by atoms with Crippen molar-refractivity contribution < 1.29 is 16.8 Å². The average molecular weight is 318 g/mol. The molecule has 0 amide bonds. The number of rotatable bonds is 4. The number of nitrogens with two attached hydrogens (primary N) is 1. The molecular formula is C10H10N2O4S3. The summed E-state index contributed by atoms with van der Waals surface area (Å²) in [4.78, 5) is -0.0772. The van der Waals surface area contributed by atoms with Crippen LogP contribution >= 0.6 is 11.3 Å². The molecule has 0 unspecified atom stereocenters. The number of benzene rings is 1. The van der Waals surface area contributed by atoms with Gasteiger partial charge in [-0.15, -0.1) is 11.3 Å². The van der Waals surface area contributed by atoms with Crippen molar-refractivity contribution in [2.45, 2.75) is 9.10 Å². The lowest BCUT2D eigenvalue weighted by atomic mass is 10.3. The molecule has 9 heteroatoms. The minimum Gasteiger partial charge on any atom is -0.279 e. The number of hydrogen-bond acceptors (Lipinski definition) is 5. The van der Waals surface area contributed by atoms with Gasteiger partial charge in [-0.25, -0.2) is 22.0 Å². The van der Waals surface area contributed by atoms with Crippen molar-refractivity contribution in [1.29, 1.82) is 0 Å². The number of thiophene rings is 1. The zero-order valence-corrected chi connectivity index (χ0v) is 11.9. The predicted molar refractivity (Wildman–Crippen MR) is 72.9 cm³/mol. The number of sulfonamides is 2. The lowest BCUT2D eigenvalue weighted by Gasteiger charge is -2.06. The van der Waals surface area contributed by atoms with Crippen LogP contribution in [0.3, 0.4) is 0 Å². The monoisotopic (exact) mass is 318 g/mol. The van der Waals surface area contributed by atoms with Crippen molar-refractivity contribution in [3.8, 4) is 0 Å². The van der Waals surface area contributed by atoms with Gasteiger partial charge < -0.3 is 0 Å². The predicted octanol–water partition coefficient (Wildman–Crippen LogP) is 1.20. The van der Waals surface area contributed by atoms with Crippen molar-refractivity contribution in [3.63, 3.8) is 0 Å². The third-order valence-electron chi connectivity index (χ3n) is 2.19. The van der Waals surface area contributed by atoms with E-state index in [1.165, 1.54) is 30.3 Å². The van der Waals surface area contributed by atoms with Crippen LogP contribution < -0.4 is 9.86 Å². The molecule has 2 aromatic rings. The summed E-state index contributed by atoms with van der Waals surface area (Å²) in [7, 11) is -7.41. The molecule has 102 valence electrons. The first-order chi connectivity index (χ1) is 8.79. The van der Waals surface area contributed by atoms with E-state index in [1.807, 2.05) is 0 Å². The van der Waals surface area contributed by atoms with E-state index in [2.05, 4.69) is 4.72 Å². The summed E-state index contributed by atoms with van der Waals surface area (Å²) in [5.74, 6) is 0. The molecule has 0 bridgehead atoms. The maximum Gasteiger partial charge on any atom is 0.271 e. The normalized spacial score (nSPS) is 12.3. The van der Waals surface area contributed by atoms with Crippen molar-refractivity contribution in [1.82, 2.24) is 0 Å². The van der Waals surface area contributed by atoms with E-state index in [1.54, 1.807) is 11.4 Å². The molecule has 0 aliphatic rings. The summed E-state index contributed by atoms with van der Waals surface area (Å²) in [6.45, 7) is 0. The molecule has 1 aromatic carbocycles. The van der Waals surface area contributed by atoms with Gasteiger partial charge in [0.2, 0.25) is 10.0 Å². The van der Waals surface area contributed by atoms with E-state index in [4.69, 9.17) is 5.14 Å². The van der Waals surface area contributed by atoms with Crippen LogP contribution in [0, 0.1) is 0 Å². The largest absolute Gasteiger partial charge is 0.279 e. The summed E-state index contributed by atoms with van der Waals surface area (Å²) in [6.07, 6.45) is 0. The van der Waals surface area contributed by atoms with E-state index in [0.717, 1.165) is 11.3 Å². The molecular weight excluding hydrogens is 308 g/mol. The molecule has 3 N–H and O–H groups in total. The summed E-state index contributed by atoms with van der Waals surface area (Å²) >= 11 is 1.09. The minimum atomic E-state index is -3.78. The molecule has 0 saturated carbocycles. The smallest absolute Gasteiger partial charge is 0.271 e. The van der Waals surface area contributed by atoms with Gasteiger partial charge in [0.25, 0.3) is 10.0 Å². The lowest BCUT2D eigenvalue weighted by Crippen LogP contribution is -2.13. The van der Waals surface area contributed by atoms with Crippen LogP contribution in [-0.2, 0) is 20.0 Å². The first kappa shape index (κ1) is 14.0. The van der Waals surface area contributed by atoms with E-state index in [-0.39, 0.29) is 14.8 Å². The van der Waals surface area contributed by atoms with Gasteiger partial charge in [0, 0.05) is 5.69 Å². The molecule has 6 nitrogen and oxygen atoms in total. The van der Waals surface area contributed by atoms with Gasteiger partial charge >= 0.3 is 0 Å². The van der Waals surface area contributed by atoms with Crippen LogP contribution in [0.5, 0.6) is 0 Å². The number of anilines is 1. The second-order valence-electron chi connectivity index (χ2n) is 3.61. The SMILES string of the molecule is NS(=O)(=O)c1ccc(NS(=O)(=O)c2cccs2)cc1. The second kappa shape index (κ2) is 4.93. The molecule has 1 heterocycles. The van der Waals surface area contributed by atoms with Gasteiger partial charge in [-0.2, -0.15) is 0 Å². The number of primary sulfonamides is 1. The summed E-state index contributed by atoms with van der Waals surface area (Å²) in [5, 5.41) is 6.60. The van der Waals surface area contributed by atoms with Crippen LogP contribution in [0.25, 0.3) is 0 Å². The Kier molecular flexibility index (Phi) is 3.63. The molecule has 19 heavy (non-hydrogen) atoms. The van der Waals surface area contributed by atoms with Gasteiger partial charge in [0.1, 0.15) is 4.21 Å². The fraction of sp³-hybridized carbons (Fsp3) is 0. The van der Waals surface area contributed by atoms with E-state index >= 15 is 0 Å². The summed E-state index contributed by atoms with van der Waals surface area (Å²) < 4.78 is 48.4. The summed E-state index contributed by atoms with van der Waals surface area (Å²) in [5.41, 5.74) is 0.265. The molecule has 0 saturated heterocycles. The summed E-state index contributed by atoms with van der Waals surface area (Å²) in [6, 6.07) is 8.26. The number of nitrogens with one attached hydrogen (secondary N) is 1. The Morgan fingerprint density at radius 2 is 1.63 bits per heavy atom. The van der Waals surface area contributed by atoms with Crippen LogP contribution in [0.2, 0.25) is 0 Å². The van der Waals surface area contributed by atoms with Crippen LogP contribution in [-0.4, -0.2) is 16.8 Å². The molecule has 2 rings (SSSR count). The third-order valence-corrected chi connectivity index (χ3v) is 5.90. The Morgan fingerprint density at radius 1 is 1.00 bits per heavy atom. The van der Waals surface area contributed by atoms with Crippen LogP contribution in [0.4, 0.5) is 5.69 Å². The van der Waals surface area contributed by atoms with E-state index in [9.17, 15) is 16.8 Å². The first-order valence-electron chi connectivity index (χ1n) is 4.98. The Hall–Kier alpha value is -1.42. The Bertz CT molecular complexity index is 763. The molecule has 1 aromatic heterocycles. The minimum absolute atomic E-state index is 0.0772. The lowest BCUT2D eigenvalue weighted by molar-refractivity contribution is 0.597. The number of hydrogen-bond donors (Lipinski definition) is 2. The van der Waals surface area contributed by atoms with Crippen molar-refractivity contribution in [3.05, 3.63) is 41.8 Å². The maximum absolute atomic E-state index is 11.9. The van der Waals surface area contributed by atoms with Crippen molar-refractivity contribution >= 4 is 37.1 Å². The third kappa shape index (κ3) is 3.32. The highest BCUT2D eigenvalue weighted by Gasteiger charge is 2.15. The average Bonchev–Trinajstić information content (AvgIpc) is 2.82. The van der Waals surface area contributed by atoms with E-state index in [0.29, 0.717) is 0 Å². The molecule has 0 fully saturated rings. The quantitative estimate of drug-likeness (QED) is 0.883. The Morgan fingerprint density at radius 3 is 2.11 bits per heavy atom. The van der Waals surface area contributed by atoms with Gasteiger partial charge in [-0.05, 0) is 35.7 Å². The van der Waals surface area contributed by atoms with Gasteiger partial charge in [0.15, 0.2) is 0 Å². The molecule has 0 spiro atoms. The maximum atomic E-state index is 11.9. The van der Waals surface area contributed by atoms with Gasteiger partial charge in [0.05, 0.1) is 4.90 Å². The first-order valence-corrected chi connectivity index (χ1v) is 8.89. The Labute approximate surface area is 115 Å². The molecule has 0 aliphatic heterocycles. The highest BCUT2D eigenvalue weighted by molar-refractivity contribution is 7.94. The van der Waals surface area contributed by atoms with E-state index < -0.39 is 20.0 Å². The standard InChI is InChI=1S/C10H10N2O4S3/c11-18(13,14)9-5-3-8(4-6-9)12-19(15,16)10-2-1-7-17-10/h1-7,12H,(H2,11,13,14). The Balaban J connectivity index is 2.26. The zero-order valence-electron chi connectivity index (χ0n) is 9.48. The topological polar surface area (TPSA) is 106 Å². The van der Waals surface area contributed by atoms with Crippen molar-refractivity contribution in [2.75, 3.05) is 4.72 Å². The highest BCUT2D eigenvalue weighted by atomic mass is 32.2. The molecule has 0 atom stereocenters. The fourth-order valence-electron chi connectivity index (χ4n) is 1.33. The van der Waals surface area contributed by atoms with Gasteiger partial charge in [-0.1, -0.05) is 6.07 Å². The fourth-order valence-corrected chi connectivity index (χ4v) is 3.90. The van der Waals surface area contributed by atoms with Crippen LogP contribution in [0.15, 0.2) is 50.9 Å². The molecule has 0 aliphatic carbocycles. The highest BCUT2D eigenvalue weighted by Crippen LogP contribution is 2.20.